The van der Waals surface area contributed by atoms with Crippen molar-refractivity contribution in [2.45, 2.75) is 19.3 Å². The van der Waals surface area contributed by atoms with Gasteiger partial charge in [0.25, 0.3) is 0 Å². The predicted molar refractivity (Wildman–Crippen MR) is 120 cm³/mol. The van der Waals surface area contributed by atoms with Crippen molar-refractivity contribution in [1.29, 1.82) is 0 Å². The zero-order chi connectivity index (χ0) is 20.7. The number of ketones is 1. The maximum absolute atomic E-state index is 12.8. The summed E-state index contributed by atoms with van der Waals surface area (Å²) in [6.45, 7) is 1.56. The van der Waals surface area contributed by atoms with Gasteiger partial charge in [0.05, 0.1) is 0 Å². The summed E-state index contributed by atoms with van der Waals surface area (Å²) in [4.78, 5) is 28.5. The Hall–Kier alpha value is -3.66. The molecule has 1 unspecified atom stereocenters. The molecular weight excluding hydrogens is 372 g/mol. The molecular formula is C26H22N2O2. The van der Waals surface area contributed by atoms with Crippen LogP contribution < -0.4 is 5.32 Å². The van der Waals surface area contributed by atoms with Crippen molar-refractivity contribution < 1.29 is 9.59 Å². The third-order valence-corrected chi connectivity index (χ3v) is 5.82. The molecule has 0 aliphatic heterocycles. The summed E-state index contributed by atoms with van der Waals surface area (Å²) in [5.74, 6) is 0.237. The predicted octanol–water partition coefficient (Wildman–Crippen LogP) is 5.78. The smallest absolute Gasteiger partial charge is 0.228 e. The molecule has 2 N–H and O–H groups in total. The van der Waals surface area contributed by atoms with Gasteiger partial charge in [-0.05, 0) is 48.6 Å². The van der Waals surface area contributed by atoms with Gasteiger partial charge in [-0.25, -0.2) is 0 Å². The van der Waals surface area contributed by atoms with Crippen molar-refractivity contribution in [2.24, 2.45) is 5.92 Å². The largest absolute Gasteiger partial charge is 0.354 e. The third kappa shape index (κ3) is 3.41. The van der Waals surface area contributed by atoms with Crippen LogP contribution in [0.4, 0.5) is 5.69 Å². The number of aromatic amines is 1. The maximum atomic E-state index is 12.8. The maximum Gasteiger partial charge on any atom is 0.228 e. The molecule has 1 aliphatic carbocycles. The van der Waals surface area contributed by atoms with Gasteiger partial charge in [0.1, 0.15) is 0 Å². The highest BCUT2D eigenvalue weighted by atomic mass is 16.2. The first-order valence-electron chi connectivity index (χ1n) is 10.2. The van der Waals surface area contributed by atoms with Gasteiger partial charge < -0.3 is 10.3 Å². The van der Waals surface area contributed by atoms with Crippen LogP contribution in [-0.2, 0) is 4.79 Å². The molecule has 1 fully saturated rings. The Labute approximate surface area is 174 Å². The van der Waals surface area contributed by atoms with E-state index < -0.39 is 0 Å². The molecule has 1 saturated carbocycles. The first-order chi connectivity index (χ1) is 14.6. The molecule has 1 amide bonds. The molecule has 5 rings (SSSR count). The van der Waals surface area contributed by atoms with E-state index in [0.29, 0.717) is 11.3 Å². The molecule has 0 saturated heterocycles. The van der Waals surface area contributed by atoms with Gasteiger partial charge in [0, 0.05) is 33.8 Å². The minimum Gasteiger partial charge on any atom is -0.354 e. The Morgan fingerprint density at radius 1 is 0.933 bits per heavy atom. The van der Waals surface area contributed by atoms with Crippen molar-refractivity contribution in [3.05, 3.63) is 90.0 Å². The zero-order valence-electron chi connectivity index (χ0n) is 16.7. The zero-order valence-corrected chi connectivity index (χ0v) is 16.7. The first-order valence-corrected chi connectivity index (χ1v) is 10.2. The number of Topliss-reactive ketones (excluding diaryl/α,β-unsaturated/α-hetero) is 1. The van der Waals surface area contributed by atoms with Crippen LogP contribution in [0.15, 0.2) is 78.9 Å². The molecule has 2 atom stereocenters. The number of carbonyl (C=O) groups is 2. The molecule has 1 aromatic heterocycles. The number of H-pyrrole nitrogens is 1. The highest BCUT2D eigenvalue weighted by Gasteiger charge is 2.43. The van der Waals surface area contributed by atoms with Crippen LogP contribution in [0.2, 0.25) is 0 Å². The summed E-state index contributed by atoms with van der Waals surface area (Å²) in [5, 5.41) is 3.90. The van der Waals surface area contributed by atoms with Crippen molar-refractivity contribution >= 4 is 28.3 Å². The number of nitrogens with one attached hydrogen (secondary N) is 2. The van der Waals surface area contributed by atoms with E-state index in [-0.39, 0.29) is 23.5 Å². The molecule has 4 aromatic rings. The number of anilines is 1. The van der Waals surface area contributed by atoms with Crippen molar-refractivity contribution in [3.63, 3.8) is 0 Å². The van der Waals surface area contributed by atoms with Gasteiger partial charge in [0.15, 0.2) is 5.78 Å². The van der Waals surface area contributed by atoms with Crippen LogP contribution in [0.1, 0.15) is 35.2 Å². The van der Waals surface area contributed by atoms with Crippen LogP contribution in [-0.4, -0.2) is 16.7 Å². The normalized spacial score (nSPS) is 17.6. The Balaban J connectivity index is 1.43. The summed E-state index contributed by atoms with van der Waals surface area (Å²) in [6, 6.07) is 25.8. The Kier molecular flexibility index (Phi) is 4.47. The van der Waals surface area contributed by atoms with E-state index in [1.165, 1.54) is 5.56 Å². The fourth-order valence-corrected chi connectivity index (χ4v) is 4.16. The summed E-state index contributed by atoms with van der Waals surface area (Å²) in [7, 11) is 0. The second-order valence-corrected chi connectivity index (χ2v) is 7.94. The van der Waals surface area contributed by atoms with Gasteiger partial charge in [-0.2, -0.15) is 0 Å². The lowest BCUT2D eigenvalue weighted by atomic mass is 10.0. The lowest BCUT2D eigenvalue weighted by Gasteiger charge is -2.08. The van der Waals surface area contributed by atoms with E-state index in [1.807, 2.05) is 60.7 Å². The number of aromatic nitrogens is 1. The Bertz CT molecular complexity index is 1240. The van der Waals surface area contributed by atoms with E-state index >= 15 is 0 Å². The van der Waals surface area contributed by atoms with Crippen molar-refractivity contribution in [2.75, 3.05) is 5.32 Å². The Morgan fingerprint density at radius 2 is 1.63 bits per heavy atom. The number of fused-ring (bicyclic) bond motifs is 1. The fraction of sp³-hybridized carbons (Fsp3) is 0.154. The first kappa shape index (κ1) is 18.4. The molecule has 0 radical (unpaired) electrons. The van der Waals surface area contributed by atoms with Gasteiger partial charge in [-0.3, -0.25) is 9.59 Å². The molecule has 30 heavy (non-hydrogen) atoms. The van der Waals surface area contributed by atoms with E-state index in [9.17, 15) is 9.59 Å². The number of hydrogen-bond donors (Lipinski definition) is 2. The molecule has 3 aromatic carbocycles. The van der Waals surface area contributed by atoms with Crippen LogP contribution in [0.3, 0.4) is 0 Å². The second kappa shape index (κ2) is 7.30. The second-order valence-electron chi connectivity index (χ2n) is 7.94. The molecule has 148 valence electrons. The van der Waals surface area contributed by atoms with Crippen LogP contribution in [0.5, 0.6) is 0 Å². The monoisotopic (exact) mass is 394 g/mol. The SMILES string of the molecule is CC(=O)c1cc(NC(=O)C2C[C@H]2c2ccccc2)cc2[nH]c(-c3ccccc3)cc12. The summed E-state index contributed by atoms with van der Waals surface area (Å²) in [6.07, 6.45) is 0.859. The minimum absolute atomic E-state index is 0.00699. The lowest BCUT2D eigenvalue weighted by Crippen LogP contribution is -2.15. The number of rotatable bonds is 5. The van der Waals surface area contributed by atoms with Crippen LogP contribution in [0.25, 0.3) is 22.2 Å². The molecule has 4 heteroatoms. The topological polar surface area (TPSA) is 62.0 Å². The summed E-state index contributed by atoms with van der Waals surface area (Å²) < 4.78 is 0. The standard InChI is InChI=1S/C26H22N2O2/c1-16(29)20-12-19(27-26(30)23-14-21(23)17-8-4-2-5-9-17)13-25-22(20)15-24(28-25)18-10-6-3-7-11-18/h2-13,15,21,23,28H,14H2,1H3,(H,27,30)/t21-,23?/m0/s1. The van der Waals surface area contributed by atoms with E-state index in [4.69, 9.17) is 0 Å². The van der Waals surface area contributed by atoms with Crippen molar-refractivity contribution in [1.82, 2.24) is 4.98 Å². The molecule has 1 heterocycles. The minimum atomic E-state index is -0.0247. The fourth-order valence-electron chi connectivity index (χ4n) is 4.16. The molecule has 0 bridgehead atoms. The molecule has 4 nitrogen and oxygen atoms in total. The number of amides is 1. The molecule has 0 spiro atoms. The van der Waals surface area contributed by atoms with E-state index in [1.54, 1.807) is 13.0 Å². The average Bonchev–Trinajstić information content (AvgIpc) is 3.46. The van der Waals surface area contributed by atoms with E-state index in [0.717, 1.165) is 28.6 Å². The quantitative estimate of drug-likeness (QED) is 0.422. The third-order valence-electron chi connectivity index (χ3n) is 5.82. The van der Waals surface area contributed by atoms with Gasteiger partial charge in [-0.15, -0.1) is 0 Å². The number of hydrogen-bond acceptors (Lipinski definition) is 2. The molecule has 1 aliphatic rings. The Morgan fingerprint density at radius 3 is 2.33 bits per heavy atom. The van der Waals surface area contributed by atoms with Gasteiger partial charge in [0.2, 0.25) is 5.91 Å². The van der Waals surface area contributed by atoms with Crippen LogP contribution in [0, 0.1) is 5.92 Å². The van der Waals surface area contributed by atoms with Gasteiger partial charge >= 0.3 is 0 Å². The van der Waals surface area contributed by atoms with Gasteiger partial charge in [-0.1, -0.05) is 60.7 Å². The van der Waals surface area contributed by atoms with Crippen molar-refractivity contribution in [3.8, 4) is 11.3 Å². The van der Waals surface area contributed by atoms with Crippen LogP contribution >= 0.6 is 0 Å². The van der Waals surface area contributed by atoms with E-state index in [2.05, 4.69) is 22.4 Å². The number of benzene rings is 3. The summed E-state index contributed by atoms with van der Waals surface area (Å²) >= 11 is 0. The highest BCUT2D eigenvalue weighted by Crippen LogP contribution is 2.48. The number of carbonyl (C=O) groups excluding carboxylic acids is 2. The summed E-state index contributed by atoms with van der Waals surface area (Å²) in [5.41, 5.74) is 5.30. The highest BCUT2D eigenvalue weighted by molar-refractivity contribution is 6.10. The average molecular weight is 394 g/mol. The lowest BCUT2D eigenvalue weighted by molar-refractivity contribution is -0.117.